The molecule has 2 aromatic heterocycles. The molecule has 0 radical (unpaired) electrons. The number of amides is 2. The van der Waals surface area contributed by atoms with Gasteiger partial charge in [-0.25, -0.2) is 19.7 Å². The van der Waals surface area contributed by atoms with Crippen molar-refractivity contribution in [3.63, 3.8) is 0 Å². The predicted octanol–water partition coefficient (Wildman–Crippen LogP) is -0.0242. The highest BCUT2D eigenvalue weighted by Gasteiger charge is 2.46. The molecule has 0 saturated carbocycles. The van der Waals surface area contributed by atoms with Crippen LogP contribution < -0.4 is 15.5 Å². The Bertz CT molecular complexity index is 1120. The SMILES string of the molecule is C[C@@]1(N2CCc3c(-c4cnc(N)nc4)nc(N4CCOCC4)nc32)CCN(C(=O)N2CC(O)C2)C1. The zero-order chi connectivity index (χ0) is 24.2. The van der Waals surface area contributed by atoms with Gasteiger partial charge in [0.25, 0.3) is 0 Å². The number of fused-ring (bicyclic) bond motifs is 1. The van der Waals surface area contributed by atoms with Gasteiger partial charge in [-0.15, -0.1) is 0 Å². The van der Waals surface area contributed by atoms with Gasteiger partial charge in [0.05, 0.1) is 43.6 Å². The van der Waals surface area contributed by atoms with Crippen LogP contribution in [0.4, 0.5) is 22.5 Å². The molecule has 12 heteroatoms. The van der Waals surface area contributed by atoms with Crippen LogP contribution in [0.2, 0.25) is 0 Å². The summed E-state index contributed by atoms with van der Waals surface area (Å²) in [6.45, 7) is 7.92. The van der Waals surface area contributed by atoms with Crippen LogP contribution in [0.5, 0.6) is 0 Å². The number of ether oxygens (including phenoxy) is 1. The summed E-state index contributed by atoms with van der Waals surface area (Å²) in [6, 6.07) is 0.00912. The molecule has 186 valence electrons. The summed E-state index contributed by atoms with van der Waals surface area (Å²) in [6.07, 6.45) is 4.70. The third-order valence-electron chi connectivity index (χ3n) is 7.56. The van der Waals surface area contributed by atoms with Crippen LogP contribution in [0.15, 0.2) is 12.4 Å². The highest BCUT2D eigenvalue weighted by molar-refractivity contribution is 5.77. The smallest absolute Gasteiger partial charge is 0.320 e. The van der Waals surface area contributed by atoms with Gasteiger partial charge in [-0.3, -0.25) is 0 Å². The molecule has 4 aliphatic rings. The lowest BCUT2D eigenvalue weighted by atomic mass is 9.99. The molecular formula is C23H31N9O3. The molecule has 1 atom stereocenters. The lowest BCUT2D eigenvalue weighted by molar-refractivity contribution is 0.0166. The Balaban J connectivity index is 1.33. The van der Waals surface area contributed by atoms with Crippen molar-refractivity contribution in [2.45, 2.75) is 31.4 Å². The van der Waals surface area contributed by atoms with E-state index in [1.54, 1.807) is 17.3 Å². The molecule has 2 amide bonds. The largest absolute Gasteiger partial charge is 0.389 e. The average Bonchev–Trinajstić information content (AvgIpc) is 3.47. The van der Waals surface area contributed by atoms with Gasteiger partial charge in [-0.2, -0.15) is 4.98 Å². The molecule has 0 bridgehead atoms. The number of likely N-dealkylation sites (tertiary alicyclic amines) is 2. The van der Waals surface area contributed by atoms with Crippen molar-refractivity contribution in [1.29, 1.82) is 0 Å². The maximum Gasteiger partial charge on any atom is 0.320 e. The van der Waals surface area contributed by atoms with E-state index in [0.717, 1.165) is 55.1 Å². The van der Waals surface area contributed by atoms with Crippen molar-refractivity contribution in [3.05, 3.63) is 18.0 Å². The van der Waals surface area contributed by atoms with Gasteiger partial charge in [0.2, 0.25) is 11.9 Å². The van der Waals surface area contributed by atoms with Crippen LogP contribution in [0, 0.1) is 0 Å². The van der Waals surface area contributed by atoms with Crippen LogP contribution in [0.25, 0.3) is 11.3 Å². The van der Waals surface area contributed by atoms with Crippen molar-refractivity contribution in [3.8, 4) is 11.3 Å². The summed E-state index contributed by atoms with van der Waals surface area (Å²) < 4.78 is 5.54. The average molecular weight is 482 g/mol. The summed E-state index contributed by atoms with van der Waals surface area (Å²) in [5, 5.41) is 9.60. The van der Waals surface area contributed by atoms with Crippen LogP contribution >= 0.6 is 0 Å². The fraction of sp³-hybridized carbons (Fsp3) is 0.609. The molecule has 3 N–H and O–H groups in total. The number of urea groups is 1. The first-order chi connectivity index (χ1) is 16.9. The number of hydrogen-bond donors (Lipinski definition) is 2. The minimum absolute atomic E-state index is 0.00912. The Kier molecular flexibility index (Phi) is 5.37. The Hall–Kier alpha value is -3.25. The molecule has 6 heterocycles. The lowest BCUT2D eigenvalue weighted by Crippen LogP contribution is -2.58. The van der Waals surface area contributed by atoms with Crippen LogP contribution in [-0.4, -0.2) is 112 Å². The molecule has 2 aromatic rings. The first-order valence-corrected chi connectivity index (χ1v) is 12.2. The molecule has 0 spiro atoms. The van der Waals surface area contributed by atoms with Gasteiger partial charge in [-0.1, -0.05) is 0 Å². The molecule has 3 fully saturated rings. The van der Waals surface area contributed by atoms with Crippen molar-refractivity contribution >= 4 is 23.7 Å². The Labute approximate surface area is 203 Å². The number of rotatable bonds is 3. The van der Waals surface area contributed by atoms with Crippen LogP contribution in [-0.2, 0) is 11.2 Å². The summed E-state index contributed by atoms with van der Waals surface area (Å²) >= 11 is 0. The van der Waals surface area contributed by atoms with E-state index >= 15 is 0 Å². The van der Waals surface area contributed by atoms with E-state index in [1.165, 1.54) is 0 Å². The second-order valence-corrected chi connectivity index (χ2v) is 10.0. The van der Waals surface area contributed by atoms with Gasteiger partial charge < -0.3 is 35.2 Å². The van der Waals surface area contributed by atoms with E-state index < -0.39 is 6.10 Å². The Morgan fingerprint density at radius 1 is 1.11 bits per heavy atom. The number of aliphatic hydroxyl groups excluding tert-OH is 1. The van der Waals surface area contributed by atoms with E-state index in [1.807, 2.05) is 4.90 Å². The van der Waals surface area contributed by atoms with Crippen LogP contribution in [0.3, 0.4) is 0 Å². The number of nitrogens with zero attached hydrogens (tertiary/aromatic N) is 8. The minimum atomic E-state index is -0.399. The fourth-order valence-corrected chi connectivity index (χ4v) is 5.51. The third-order valence-corrected chi connectivity index (χ3v) is 7.56. The fourth-order valence-electron chi connectivity index (χ4n) is 5.51. The molecule has 4 aliphatic heterocycles. The number of hydrogen-bond acceptors (Lipinski definition) is 10. The summed E-state index contributed by atoms with van der Waals surface area (Å²) in [4.78, 5) is 39.4. The normalized spacial score (nSPS) is 24.6. The molecule has 0 aliphatic carbocycles. The molecule has 0 unspecified atom stereocenters. The number of β-amino-alcohol motifs (C(OH)–C–C–N with tert-alkyl or cyclic N) is 1. The number of nitrogens with two attached hydrogens (primary N) is 1. The molecule has 12 nitrogen and oxygen atoms in total. The van der Waals surface area contributed by atoms with E-state index in [2.05, 4.69) is 26.7 Å². The summed E-state index contributed by atoms with van der Waals surface area (Å²) in [5.74, 6) is 1.83. The van der Waals surface area contributed by atoms with Crippen molar-refractivity contribution in [1.82, 2.24) is 29.7 Å². The second-order valence-electron chi connectivity index (χ2n) is 10.0. The second kappa shape index (κ2) is 8.45. The molecular weight excluding hydrogens is 450 g/mol. The van der Waals surface area contributed by atoms with Gasteiger partial charge in [-0.05, 0) is 19.8 Å². The Morgan fingerprint density at radius 2 is 1.86 bits per heavy atom. The van der Waals surface area contributed by atoms with Crippen molar-refractivity contribution < 1.29 is 14.6 Å². The zero-order valence-electron chi connectivity index (χ0n) is 19.9. The predicted molar refractivity (Wildman–Crippen MR) is 129 cm³/mol. The number of anilines is 3. The van der Waals surface area contributed by atoms with E-state index in [-0.39, 0.29) is 17.5 Å². The van der Waals surface area contributed by atoms with Crippen molar-refractivity contribution in [2.75, 3.05) is 74.6 Å². The monoisotopic (exact) mass is 481 g/mol. The summed E-state index contributed by atoms with van der Waals surface area (Å²) in [5.41, 5.74) is 8.22. The number of carbonyl (C=O) groups excluding carboxylic acids is 1. The zero-order valence-corrected chi connectivity index (χ0v) is 19.9. The Morgan fingerprint density at radius 3 is 2.57 bits per heavy atom. The third kappa shape index (κ3) is 3.90. The number of nitrogen functional groups attached to an aromatic ring is 1. The standard InChI is InChI=1S/C23H31N9O3/c1-23(3-5-30(14-23)22(34)31-12-16(33)13-31)32-4-2-17-18(15-10-25-20(24)26-11-15)27-21(28-19(17)32)29-6-8-35-9-7-29/h10-11,16,33H,2-9,12-14H2,1H3,(H2,24,25,26)/t23-/m1/s1. The molecule has 35 heavy (non-hydrogen) atoms. The van der Waals surface area contributed by atoms with Gasteiger partial charge in [0.1, 0.15) is 5.82 Å². The maximum absolute atomic E-state index is 12.9. The van der Waals surface area contributed by atoms with Gasteiger partial charge >= 0.3 is 6.03 Å². The summed E-state index contributed by atoms with van der Waals surface area (Å²) in [7, 11) is 0. The van der Waals surface area contributed by atoms with Gasteiger partial charge in [0.15, 0.2) is 0 Å². The van der Waals surface area contributed by atoms with Crippen LogP contribution in [0.1, 0.15) is 18.9 Å². The van der Waals surface area contributed by atoms with E-state index in [0.29, 0.717) is 45.3 Å². The molecule has 0 aromatic carbocycles. The van der Waals surface area contributed by atoms with Crippen molar-refractivity contribution in [2.24, 2.45) is 0 Å². The highest BCUT2D eigenvalue weighted by Crippen LogP contribution is 2.41. The highest BCUT2D eigenvalue weighted by atomic mass is 16.5. The quantitative estimate of drug-likeness (QED) is 0.615. The lowest BCUT2D eigenvalue weighted by Gasteiger charge is -2.40. The molecule has 3 saturated heterocycles. The van der Waals surface area contributed by atoms with E-state index in [9.17, 15) is 9.90 Å². The first kappa shape index (κ1) is 22.2. The molecule has 6 rings (SSSR count). The first-order valence-electron chi connectivity index (χ1n) is 12.2. The number of aromatic nitrogens is 4. The number of morpholine rings is 1. The van der Waals surface area contributed by atoms with E-state index in [4.69, 9.17) is 20.4 Å². The maximum atomic E-state index is 12.9. The minimum Gasteiger partial charge on any atom is -0.389 e. The number of aliphatic hydroxyl groups is 1. The van der Waals surface area contributed by atoms with Gasteiger partial charge in [0, 0.05) is 56.2 Å². The topological polar surface area (TPSA) is 137 Å². The number of carbonyl (C=O) groups is 1.